The summed E-state index contributed by atoms with van der Waals surface area (Å²) in [5, 5.41) is 1.28. The number of aromatic nitrogens is 1. The molecule has 0 atom stereocenters. The summed E-state index contributed by atoms with van der Waals surface area (Å²) in [6.07, 6.45) is 1.23. The molecule has 0 radical (unpaired) electrons. The van der Waals surface area contributed by atoms with Gasteiger partial charge in [0.05, 0.1) is 10.5 Å². The van der Waals surface area contributed by atoms with E-state index in [0.717, 1.165) is 10.9 Å². The third-order valence-electron chi connectivity index (χ3n) is 5.43. The van der Waals surface area contributed by atoms with Gasteiger partial charge in [0.25, 0.3) is 5.91 Å². The fraction of sp³-hybridized carbons (Fsp3) is 0.320. The van der Waals surface area contributed by atoms with Crippen LogP contribution in [0.5, 0.6) is 0 Å². The molecule has 33 heavy (non-hydrogen) atoms. The Bertz CT molecular complexity index is 1220. The molecule has 0 bridgehead atoms. The van der Waals surface area contributed by atoms with Crippen LogP contribution in [0.3, 0.4) is 0 Å². The molecular formula is C25H25ClFN3O3. The van der Waals surface area contributed by atoms with Gasteiger partial charge in [0.15, 0.2) is 0 Å². The Morgan fingerprint density at radius 2 is 1.70 bits per heavy atom. The van der Waals surface area contributed by atoms with Gasteiger partial charge in [0.1, 0.15) is 11.4 Å². The molecule has 1 fully saturated rings. The predicted molar refractivity (Wildman–Crippen MR) is 126 cm³/mol. The highest BCUT2D eigenvalue weighted by Crippen LogP contribution is 2.30. The molecule has 2 heterocycles. The van der Waals surface area contributed by atoms with E-state index in [0.29, 0.717) is 42.3 Å². The van der Waals surface area contributed by atoms with Crippen LogP contribution in [-0.2, 0) is 4.74 Å². The fourth-order valence-corrected chi connectivity index (χ4v) is 3.97. The second kappa shape index (κ2) is 8.98. The lowest BCUT2D eigenvalue weighted by Crippen LogP contribution is -2.51. The number of ether oxygens (including phenoxy) is 1. The van der Waals surface area contributed by atoms with E-state index in [4.69, 9.17) is 16.3 Å². The molecule has 172 valence electrons. The van der Waals surface area contributed by atoms with Crippen LogP contribution >= 0.6 is 11.6 Å². The minimum absolute atomic E-state index is 0.266. The van der Waals surface area contributed by atoms with Crippen molar-refractivity contribution in [2.24, 2.45) is 0 Å². The predicted octanol–water partition coefficient (Wildman–Crippen LogP) is 5.39. The maximum absolute atomic E-state index is 15.0. The summed E-state index contributed by atoms with van der Waals surface area (Å²) in [6.45, 7) is 6.89. The zero-order valence-electron chi connectivity index (χ0n) is 18.8. The second-order valence-corrected chi connectivity index (χ2v) is 9.39. The van der Waals surface area contributed by atoms with Gasteiger partial charge in [-0.25, -0.2) is 9.18 Å². The number of pyridine rings is 1. The molecule has 0 unspecified atom stereocenters. The number of fused-ring (bicyclic) bond motifs is 1. The van der Waals surface area contributed by atoms with E-state index in [1.54, 1.807) is 52.4 Å². The summed E-state index contributed by atoms with van der Waals surface area (Å²) in [5.41, 5.74) is 1.45. The molecule has 2 aromatic carbocycles. The normalized spacial score (nSPS) is 14.5. The molecule has 1 aliphatic heterocycles. The lowest BCUT2D eigenvalue weighted by molar-refractivity contribution is 0.0141. The van der Waals surface area contributed by atoms with Gasteiger partial charge in [-0.1, -0.05) is 23.7 Å². The van der Waals surface area contributed by atoms with Gasteiger partial charge in [-0.15, -0.1) is 0 Å². The molecule has 1 aromatic heterocycles. The van der Waals surface area contributed by atoms with Crippen molar-refractivity contribution >= 4 is 34.5 Å². The maximum atomic E-state index is 15.0. The van der Waals surface area contributed by atoms with Crippen molar-refractivity contribution in [2.45, 2.75) is 26.4 Å². The van der Waals surface area contributed by atoms with Crippen molar-refractivity contribution < 1.29 is 18.7 Å². The number of rotatable bonds is 2. The van der Waals surface area contributed by atoms with Crippen LogP contribution in [0.2, 0.25) is 5.02 Å². The smallest absolute Gasteiger partial charge is 0.410 e. The second-order valence-electron chi connectivity index (χ2n) is 8.98. The molecule has 8 heteroatoms. The van der Waals surface area contributed by atoms with Crippen molar-refractivity contribution in [3.8, 4) is 11.1 Å². The first-order valence-corrected chi connectivity index (χ1v) is 11.1. The van der Waals surface area contributed by atoms with E-state index < -0.39 is 17.5 Å². The van der Waals surface area contributed by atoms with Crippen molar-refractivity contribution in [3.05, 3.63) is 65.1 Å². The average molecular weight is 470 g/mol. The van der Waals surface area contributed by atoms with Crippen LogP contribution in [-0.4, -0.2) is 58.6 Å². The largest absolute Gasteiger partial charge is 0.444 e. The quantitative estimate of drug-likeness (QED) is 0.505. The summed E-state index contributed by atoms with van der Waals surface area (Å²) < 4.78 is 20.4. The SMILES string of the molecule is CC(C)(C)OC(=O)N1CCN(C(=O)c2ccc(-c3ccc4nccc(Cl)c4c3)c(F)c2)CC1. The zero-order valence-corrected chi connectivity index (χ0v) is 19.5. The summed E-state index contributed by atoms with van der Waals surface area (Å²) in [4.78, 5) is 32.6. The van der Waals surface area contributed by atoms with E-state index in [9.17, 15) is 9.59 Å². The maximum Gasteiger partial charge on any atom is 0.410 e. The minimum atomic E-state index is -0.573. The van der Waals surface area contributed by atoms with Crippen molar-refractivity contribution in [1.82, 2.24) is 14.8 Å². The van der Waals surface area contributed by atoms with Crippen LogP contribution in [0.15, 0.2) is 48.7 Å². The summed E-state index contributed by atoms with van der Waals surface area (Å²) in [7, 11) is 0. The Morgan fingerprint density at radius 3 is 2.36 bits per heavy atom. The Balaban J connectivity index is 1.47. The number of amides is 2. The number of carbonyl (C=O) groups is 2. The summed E-state index contributed by atoms with van der Waals surface area (Å²) in [5.74, 6) is -0.761. The monoisotopic (exact) mass is 469 g/mol. The number of piperazine rings is 1. The summed E-state index contributed by atoms with van der Waals surface area (Å²) >= 11 is 6.25. The van der Waals surface area contributed by atoms with Crippen LogP contribution in [0.25, 0.3) is 22.0 Å². The molecule has 6 nitrogen and oxygen atoms in total. The first kappa shape index (κ1) is 23.0. The van der Waals surface area contributed by atoms with E-state index in [2.05, 4.69) is 4.98 Å². The lowest BCUT2D eigenvalue weighted by atomic mass is 10.0. The Hall–Kier alpha value is -3.19. The van der Waals surface area contributed by atoms with Crippen LogP contribution in [0, 0.1) is 5.82 Å². The molecule has 0 N–H and O–H groups in total. The van der Waals surface area contributed by atoms with Crippen molar-refractivity contribution in [3.63, 3.8) is 0 Å². The number of hydrogen-bond donors (Lipinski definition) is 0. The summed E-state index contributed by atoms with van der Waals surface area (Å²) in [6, 6.07) is 11.5. The molecule has 4 rings (SSSR count). The third-order valence-corrected chi connectivity index (χ3v) is 5.76. The fourth-order valence-electron chi connectivity index (χ4n) is 3.76. The van der Waals surface area contributed by atoms with Crippen LogP contribution < -0.4 is 0 Å². The van der Waals surface area contributed by atoms with Gasteiger partial charge in [0.2, 0.25) is 0 Å². The van der Waals surface area contributed by atoms with E-state index in [1.165, 1.54) is 6.07 Å². The van der Waals surface area contributed by atoms with Gasteiger partial charge >= 0.3 is 6.09 Å². The third kappa shape index (κ3) is 5.09. The molecule has 0 aliphatic carbocycles. The highest BCUT2D eigenvalue weighted by molar-refractivity contribution is 6.35. The van der Waals surface area contributed by atoms with E-state index in [-0.39, 0.29) is 11.5 Å². The van der Waals surface area contributed by atoms with Crippen LogP contribution in [0.4, 0.5) is 9.18 Å². The molecule has 2 amide bonds. The topological polar surface area (TPSA) is 62.7 Å². The Labute approximate surface area is 196 Å². The number of hydrogen-bond acceptors (Lipinski definition) is 4. The molecular weight excluding hydrogens is 445 g/mol. The van der Waals surface area contributed by atoms with Gasteiger partial charge in [0, 0.05) is 48.9 Å². The molecule has 3 aromatic rings. The van der Waals surface area contributed by atoms with Gasteiger partial charge in [-0.2, -0.15) is 0 Å². The van der Waals surface area contributed by atoms with E-state index >= 15 is 4.39 Å². The number of carbonyl (C=O) groups excluding carboxylic acids is 2. The highest BCUT2D eigenvalue weighted by atomic mass is 35.5. The molecule has 1 aliphatic rings. The van der Waals surface area contributed by atoms with Gasteiger partial charge in [-0.05, 0) is 56.7 Å². The first-order chi connectivity index (χ1) is 15.6. The van der Waals surface area contributed by atoms with E-state index in [1.807, 2.05) is 20.8 Å². The standard InChI is InChI=1S/C25H25ClFN3O3/c1-25(2,3)33-24(32)30-12-10-29(11-13-30)23(31)17-4-6-18(21(27)15-17)16-5-7-22-19(14-16)20(26)8-9-28-22/h4-9,14-15H,10-13H2,1-3H3. The lowest BCUT2D eigenvalue weighted by Gasteiger charge is -2.35. The number of benzene rings is 2. The molecule has 0 saturated carbocycles. The van der Waals surface area contributed by atoms with Crippen molar-refractivity contribution in [2.75, 3.05) is 26.2 Å². The van der Waals surface area contributed by atoms with Gasteiger partial charge < -0.3 is 14.5 Å². The highest BCUT2D eigenvalue weighted by Gasteiger charge is 2.28. The number of halogens is 2. The number of nitrogens with zero attached hydrogens (tertiary/aromatic N) is 3. The minimum Gasteiger partial charge on any atom is -0.444 e. The van der Waals surface area contributed by atoms with Crippen molar-refractivity contribution in [1.29, 1.82) is 0 Å². The molecule has 0 spiro atoms. The van der Waals surface area contributed by atoms with Gasteiger partial charge in [-0.3, -0.25) is 9.78 Å². The average Bonchev–Trinajstić information content (AvgIpc) is 2.77. The molecule has 1 saturated heterocycles. The Kier molecular flexibility index (Phi) is 6.26. The van der Waals surface area contributed by atoms with Crippen LogP contribution in [0.1, 0.15) is 31.1 Å². The first-order valence-electron chi connectivity index (χ1n) is 10.7. The zero-order chi connectivity index (χ0) is 23.8. The Morgan fingerprint density at radius 1 is 1.00 bits per heavy atom.